The van der Waals surface area contributed by atoms with Crippen molar-refractivity contribution in [3.63, 3.8) is 0 Å². The fourth-order valence-corrected chi connectivity index (χ4v) is 2.82. The first-order valence-electron chi connectivity index (χ1n) is 5.92. The molecule has 0 saturated carbocycles. The number of hydrogen-bond donors (Lipinski definition) is 1. The minimum Gasteiger partial charge on any atom is -0.469 e. The summed E-state index contributed by atoms with van der Waals surface area (Å²) in [6.45, 7) is 4.05. The summed E-state index contributed by atoms with van der Waals surface area (Å²) in [5.74, 6) is -0.472. The van der Waals surface area contributed by atoms with E-state index in [0.717, 1.165) is 11.1 Å². The largest absolute Gasteiger partial charge is 0.469 e. The van der Waals surface area contributed by atoms with Crippen molar-refractivity contribution in [3.8, 4) is 0 Å². The van der Waals surface area contributed by atoms with Gasteiger partial charge in [0.15, 0.2) is 0 Å². The van der Waals surface area contributed by atoms with Crippen LogP contribution < -0.4 is 0 Å². The Bertz CT molecular complexity index is 425. The molecule has 0 radical (unpaired) electrons. The maximum Gasteiger partial charge on any atom is 0.313 e. The van der Waals surface area contributed by atoms with Gasteiger partial charge >= 0.3 is 5.97 Å². The average Bonchev–Trinajstić information content (AvgIpc) is 2.62. The molecule has 3 atom stereocenters. The number of carbonyl (C=O) groups is 1. The number of fused-ring (bicyclic) bond motifs is 1. The van der Waals surface area contributed by atoms with Crippen molar-refractivity contribution in [1.82, 2.24) is 0 Å². The van der Waals surface area contributed by atoms with Crippen molar-refractivity contribution in [2.45, 2.75) is 25.9 Å². The van der Waals surface area contributed by atoms with Gasteiger partial charge in [-0.2, -0.15) is 0 Å². The molecule has 0 fully saturated rings. The predicted molar refractivity (Wildman–Crippen MR) is 64.5 cm³/mol. The summed E-state index contributed by atoms with van der Waals surface area (Å²) in [5.41, 5.74) is 1.77. The fraction of sp³-hybridized carbons (Fsp3) is 0.500. The second-order valence-electron chi connectivity index (χ2n) is 4.90. The average molecular weight is 234 g/mol. The molecule has 17 heavy (non-hydrogen) atoms. The van der Waals surface area contributed by atoms with Gasteiger partial charge in [0.2, 0.25) is 0 Å². The number of ether oxygens (including phenoxy) is 1. The molecule has 1 aliphatic carbocycles. The minimum absolute atomic E-state index is 0.0974. The van der Waals surface area contributed by atoms with Crippen molar-refractivity contribution in [3.05, 3.63) is 35.4 Å². The number of esters is 1. The van der Waals surface area contributed by atoms with E-state index in [-0.39, 0.29) is 23.7 Å². The van der Waals surface area contributed by atoms with Crippen LogP contribution in [0, 0.1) is 11.8 Å². The highest BCUT2D eigenvalue weighted by Gasteiger charge is 2.45. The summed E-state index contributed by atoms with van der Waals surface area (Å²) in [7, 11) is 1.40. The Morgan fingerprint density at radius 2 is 1.88 bits per heavy atom. The molecule has 3 nitrogen and oxygen atoms in total. The SMILES string of the molecule is COC(=O)[C@@H]1c2ccccc2[C@@H](O)[C@H]1C(C)C. The third-order valence-corrected chi connectivity index (χ3v) is 3.62. The monoisotopic (exact) mass is 234 g/mol. The number of methoxy groups -OCH3 is 1. The molecule has 2 rings (SSSR count). The molecule has 0 aliphatic heterocycles. The van der Waals surface area contributed by atoms with E-state index in [9.17, 15) is 9.90 Å². The van der Waals surface area contributed by atoms with Crippen LogP contribution in [0.25, 0.3) is 0 Å². The quantitative estimate of drug-likeness (QED) is 0.798. The van der Waals surface area contributed by atoms with E-state index in [1.165, 1.54) is 7.11 Å². The normalized spacial score (nSPS) is 27.0. The molecule has 1 N–H and O–H groups in total. The predicted octanol–water partition coefficient (Wildman–Crippen LogP) is 2.26. The van der Waals surface area contributed by atoms with Gasteiger partial charge in [-0.15, -0.1) is 0 Å². The van der Waals surface area contributed by atoms with Gasteiger partial charge in [-0.25, -0.2) is 0 Å². The minimum atomic E-state index is -0.574. The van der Waals surface area contributed by atoms with Crippen LogP contribution in [-0.4, -0.2) is 18.2 Å². The van der Waals surface area contributed by atoms with Crippen LogP contribution in [0.15, 0.2) is 24.3 Å². The van der Waals surface area contributed by atoms with E-state index < -0.39 is 6.10 Å². The first-order chi connectivity index (χ1) is 8.07. The second-order valence-corrected chi connectivity index (χ2v) is 4.90. The van der Waals surface area contributed by atoms with E-state index in [2.05, 4.69) is 0 Å². The molecule has 0 unspecified atom stereocenters. The van der Waals surface area contributed by atoms with Crippen LogP contribution in [0.4, 0.5) is 0 Å². The number of aliphatic hydroxyl groups excluding tert-OH is 1. The van der Waals surface area contributed by atoms with E-state index >= 15 is 0 Å². The van der Waals surface area contributed by atoms with Crippen LogP contribution in [0.2, 0.25) is 0 Å². The van der Waals surface area contributed by atoms with Crippen LogP contribution in [0.3, 0.4) is 0 Å². The van der Waals surface area contributed by atoms with Crippen molar-refractivity contribution >= 4 is 5.97 Å². The summed E-state index contributed by atoms with van der Waals surface area (Å²) >= 11 is 0. The summed E-state index contributed by atoms with van der Waals surface area (Å²) in [6.07, 6.45) is -0.574. The molecular weight excluding hydrogens is 216 g/mol. The zero-order valence-corrected chi connectivity index (χ0v) is 10.4. The van der Waals surface area contributed by atoms with Gasteiger partial charge in [-0.3, -0.25) is 4.79 Å². The van der Waals surface area contributed by atoms with Crippen molar-refractivity contribution in [2.24, 2.45) is 11.8 Å². The van der Waals surface area contributed by atoms with Crippen molar-refractivity contribution in [2.75, 3.05) is 7.11 Å². The lowest BCUT2D eigenvalue weighted by Gasteiger charge is -2.24. The first-order valence-corrected chi connectivity index (χ1v) is 5.92. The highest BCUT2D eigenvalue weighted by atomic mass is 16.5. The molecule has 0 amide bonds. The molecule has 92 valence electrons. The van der Waals surface area contributed by atoms with Crippen LogP contribution in [0.5, 0.6) is 0 Å². The number of rotatable bonds is 2. The van der Waals surface area contributed by atoms with Gasteiger partial charge in [0.1, 0.15) is 0 Å². The van der Waals surface area contributed by atoms with Gasteiger partial charge in [0.05, 0.1) is 19.1 Å². The van der Waals surface area contributed by atoms with Crippen molar-refractivity contribution in [1.29, 1.82) is 0 Å². The standard InChI is InChI=1S/C14H18O3/c1-8(2)11-12(14(16)17-3)9-6-4-5-7-10(9)13(11)15/h4-8,11-13,15H,1-3H3/t11-,12+,13+/m0/s1. The van der Waals surface area contributed by atoms with E-state index in [0.29, 0.717) is 0 Å². The van der Waals surface area contributed by atoms with Gasteiger partial charge in [0.25, 0.3) is 0 Å². The van der Waals surface area contributed by atoms with Crippen LogP contribution in [0.1, 0.15) is 37.0 Å². The van der Waals surface area contributed by atoms with Crippen molar-refractivity contribution < 1.29 is 14.6 Å². The van der Waals surface area contributed by atoms with Crippen LogP contribution in [-0.2, 0) is 9.53 Å². The molecular formula is C14H18O3. The fourth-order valence-electron chi connectivity index (χ4n) is 2.82. The van der Waals surface area contributed by atoms with Gasteiger partial charge in [0, 0.05) is 5.92 Å². The third kappa shape index (κ3) is 1.84. The summed E-state index contributed by atoms with van der Waals surface area (Å²) in [5, 5.41) is 10.3. The Labute approximate surface area is 101 Å². The first kappa shape index (κ1) is 12.1. The lowest BCUT2D eigenvalue weighted by molar-refractivity contribution is -0.145. The summed E-state index contributed by atoms with van der Waals surface area (Å²) < 4.78 is 4.87. The molecule has 1 aromatic carbocycles. The van der Waals surface area contributed by atoms with E-state index in [1.807, 2.05) is 38.1 Å². The van der Waals surface area contributed by atoms with Gasteiger partial charge in [-0.1, -0.05) is 38.1 Å². The zero-order valence-electron chi connectivity index (χ0n) is 10.4. The molecule has 0 aromatic heterocycles. The molecule has 0 bridgehead atoms. The van der Waals surface area contributed by atoms with Crippen LogP contribution >= 0.6 is 0 Å². The zero-order chi connectivity index (χ0) is 12.6. The molecule has 1 aromatic rings. The van der Waals surface area contributed by atoms with Gasteiger partial charge in [-0.05, 0) is 17.0 Å². The molecule has 0 saturated heterocycles. The maximum atomic E-state index is 11.9. The molecule has 0 spiro atoms. The molecule has 0 heterocycles. The summed E-state index contributed by atoms with van der Waals surface area (Å²) in [6, 6.07) is 7.57. The smallest absolute Gasteiger partial charge is 0.313 e. The number of aliphatic hydroxyl groups is 1. The topological polar surface area (TPSA) is 46.5 Å². The lowest BCUT2D eigenvalue weighted by Crippen LogP contribution is -2.25. The highest BCUT2D eigenvalue weighted by Crippen LogP contribution is 2.48. The Hall–Kier alpha value is -1.35. The molecule has 3 heteroatoms. The second kappa shape index (κ2) is 4.49. The number of benzene rings is 1. The maximum absolute atomic E-state index is 11.9. The van der Waals surface area contributed by atoms with E-state index in [4.69, 9.17) is 4.74 Å². The Balaban J connectivity index is 2.49. The summed E-state index contributed by atoms with van der Waals surface area (Å²) in [4.78, 5) is 11.9. The van der Waals surface area contributed by atoms with E-state index in [1.54, 1.807) is 0 Å². The Morgan fingerprint density at radius 3 is 2.41 bits per heavy atom. The molecule has 1 aliphatic rings. The Kier molecular flexibility index (Phi) is 3.20. The third-order valence-electron chi connectivity index (χ3n) is 3.62. The highest BCUT2D eigenvalue weighted by molar-refractivity contribution is 5.80. The van der Waals surface area contributed by atoms with Gasteiger partial charge < -0.3 is 9.84 Å². The Morgan fingerprint density at radius 1 is 1.29 bits per heavy atom. The number of carbonyl (C=O) groups excluding carboxylic acids is 1. The number of hydrogen-bond acceptors (Lipinski definition) is 3. The lowest BCUT2D eigenvalue weighted by atomic mass is 9.83.